The molecule has 5 fully saturated rings. The van der Waals surface area contributed by atoms with Crippen molar-refractivity contribution in [3.8, 4) is 0 Å². The minimum atomic E-state index is -3.56. The van der Waals surface area contributed by atoms with Crippen molar-refractivity contribution in [1.82, 2.24) is 9.62 Å². The fourth-order valence-electron chi connectivity index (χ4n) is 6.90. The van der Waals surface area contributed by atoms with E-state index in [0.29, 0.717) is 32.5 Å². The first-order valence-electron chi connectivity index (χ1n) is 10.4. The molecule has 4 aliphatic carbocycles. The maximum atomic E-state index is 12.8. The fourth-order valence-corrected chi connectivity index (χ4v) is 8.43. The summed E-state index contributed by atoms with van der Waals surface area (Å²) in [6, 6.07) is 4.80. The van der Waals surface area contributed by atoms with Crippen molar-refractivity contribution in [3.63, 3.8) is 0 Å². The predicted octanol–water partition coefficient (Wildman–Crippen LogP) is 2.63. The van der Waals surface area contributed by atoms with Gasteiger partial charge in [-0.15, -0.1) is 0 Å². The van der Waals surface area contributed by atoms with Crippen molar-refractivity contribution in [1.29, 1.82) is 0 Å². The first-order valence-corrected chi connectivity index (χ1v) is 11.8. The van der Waals surface area contributed by atoms with Crippen molar-refractivity contribution < 1.29 is 17.6 Å². The third-order valence-electron chi connectivity index (χ3n) is 8.29. The Morgan fingerprint density at radius 3 is 2.11 bits per heavy atom. The number of carbonyl (C=O) groups is 1. The SMILES string of the molecule is C1C2CC3CC4CC1C234.O=CNCC1CCN(S(=O)(=O)c2ccc(F)cc2)C1. The van der Waals surface area contributed by atoms with E-state index in [1.165, 1.54) is 40.1 Å². The summed E-state index contributed by atoms with van der Waals surface area (Å²) in [5, 5.41) is 2.56. The third-order valence-corrected chi connectivity index (χ3v) is 10.2. The molecule has 28 heavy (non-hydrogen) atoms. The lowest BCUT2D eigenvalue weighted by Crippen LogP contribution is -2.79. The van der Waals surface area contributed by atoms with E-state index >= 15 is 0 Å². The van der Waals surface area contributed by atoms with Crippen LogP contribution < -0.4 is 5.32 Å². The first kappa shape index (κ1) is 18.6. The number of amides is 1. The van der Waals surface area contributed by atoms with Crippen LogP contribution >= 0.6 is 0 Å². The second-order valence-corrected chi connectivity index (χ2v) is 11.2. The highest BCUT2D eigenvalue weighted by Crippen LogP contribution is 2.87. The highest BCUT2D eigenvalue weighted by Gasteiger charge is 2.80. The van der Waals surface area contributed by atoms with Crippen molar-refractivity contribution in [2.45, 2.75) is 37.0 Å². The van der Waals surface area contributed by atoms with Crippen LogP contribution in [0.4, 0.5) is 4.39 Å². The van der Waals surface area contributed by atoms with Gasteiger partial charge in [0.05, 0.1) is 4.90 Å². The van der Waals surface area contributed by atoms with Gasteiger partial charge in [0.15, 0.2) is 0 Å². The summed E-state index contributed by atoms with van der Waals surface area (Å²) in [4.78, 5) is 10.3. The number of benzene rings is 1. The number of carbonyl (C=O) groups excluding carboxylic acids is 1. The van der Waals surface area contributed by atoms with Gasteiger partial charge < -0.3 is 5.32 Å². The van der Waals surface area contributed by atoms with Gasteiger partial charge >= 0.3 is 0 Å². The molecule has 0 aromatic heterocycles. The molecule has 0 radical (unpaired) electrons. The molecule has 1 heterocycles. The van der Waals surface area contributed by atoms with Crippen LogP contribution in [0.3, 0.4) is 0 Å². The van der Waals surface area contributed by atoms with E-state index in [-0.39, 0.29) is 10.8 Å². The van der Waals surface area contributed by atoms with Crippen LogP contribution in [0.15, 0.2) is 29.2 Å². The topological polar surface area (TPSA) is 66.5 Å². The van der Waals surface area contributed by atoms with Crippen molar-refractivity contribution in [2.24, 2.45) is 35.0 Å². The molecule has 1 aliphatic heterocycles. The molecule has 1 atom stereocenters. The van der Waals surface area contributed by atoms with E-state index in [9.17, 15) is 17.6 Å². The van der Waals surface area contributed by atoms with E-state index in [0.717, 1.165) is 17.5 Å². The molecule has 5 nitrogen and oxygen atoms in total. The Kier molecular flexibility index (Phi) is 4.32. The molecule has 152 valence electrons. The molecule has 1 unspecified atom stereocenters. The maximum Gasteiger partial charge on any atom is 0.243 e. The third kappa shape index (κ3) is 2.51. The van der Waals surface area contributed by atoms with Crippen molar-refractivity contribution in [2.75, 3.05) is 19.6 Å². The Labute approximate surface area is 165 Å². The predicted molar refractivity (Wildman–Crippen MR) is 102 cm³/mol. The lowest BCUT2D eigenvalue weighted by molar-refractivity contribution is -0.376. The van der Waals surface area contributed by atoms with E-state index in [2.05, 4.69) is 5.32 Å². The molecule has 1 spiro atoms. The lowest BCUT2D eigenvalue weighted by Gasteiger charge is -2.86. The van der Waals surface area contributed by atoms with Crippen LogP contribution in [0, 0.1) is 40.8 Å². The van der Waals surface area contributed by atoms with E-state index < -0.39 is 15.8 Å². The molecule has 4 saturated carbocycles. The molecule has 1 aromatic rings. The lowest BCUT2D eigenvalue weighted by atomic mass is 9.18. The Balaban J connectivity index is 0.000000152. The van der Waals surface area contributed by atoms with Gasteiger partial charge in [0, 0.05) is 19.6 Å². The minimum Gasteiger partial charge on any atom is -0.358 e. The molecule has 1 saturated heterocycles. The van der Waals surface area contributed by atoms with Crippen LogP contribution in [0.5, 0.6) is 0 Å². The van der Waals surface area contributed by atoms with Gasteiger partial charge in [-0.3, -0.25) is 4.79 Å². The molecule has 6 rings (SSSR count). The molecule has 1 N–H and O–H groups in total. The molecular formula is C21H27FN2O3S. The fraction of sp³-hybridized carbons (Fsp3) is 0.667. The van der Waals surface area contributed by atoms with E-state index in [1.807, 2.05) is 0 Å². The monoisotopic (exact) mass is 406 g/mol. The highest BCUT2D eigenvalue weighted by atomic mass is 32.2. The Hall–Kier alpha value is -1.47. The van der Waals surface area contributed by atoms with Crippen LogP contribution in [0.2, 0.25) is 0 Å². The largest absolute Gasteiger partial charge is 0.358 e. The molecule has 0 bridgehead atoms. The van der Waals surface area contributed by atoms with Gasteiger partial charge in [-0.25, -0.2) is 12.8 Å². The van der Waals surface area contributed by atoms with E-state index in [4.69, 9.17) is 0 Å². The molecular weight excluding hydrogens is 379 g/mol. The normalized spacial score (nSPS) is 39.5. The summed E-state index contributed by atoms with van der Waals surface area (Å²) in [6.07, 6.45) is 7.85. The molecule has 5 aliphatic rings. The number of nitrogens with one attached hydrogen (secondary N) is 1. The number of sulfonamides is 1. The van der Waals surface area contributed by atoms with Gasteiger partial charge in [0.2, 0.25) is 16.4 Å². The van der Waals surface area contributed by atoms with Crippen LogP contribution in [0.1, 0.15) is 32.1 Å². The van der Waals surface area contributed by atoms with Crippen molar-refractivity contribution >= 4 is 16.4 Å². The minimum absolute atomic E-state index is 0.0953. The van der Waals surface area contributed by atoms with Gasteiger partial charge in [-0.1, -0.05) is 0 Å². The summed E-state index contributed by atoms with van der Waals surface area (Å²) < 4.78 is 38.7. The molecule has 1 aromatic carbocycles. The summed E-state index contributed by atoms with van der Waals surface area (Å²) >= 11 is 0. The summed E-state index contributed by atoms with van der Waals surface area (Å²) in [5.74, 6) is 4.66. The smallest absolute Gasteiger partial charge is 0.243 e. The Morgan fingerprint density at radius 2 is 1.64 bits per heavy atom. The Bertz CT molecular complexity index is 819. The molecule has 7 heteroatoms. The Morgan fingerprint density at radius 1 is 1.07 bits per heavy atom. The van der Waals surface area contributed by atoms with Crippen molar-refractivity contribution in [3.05, 3.63) is 30.1 Å². The van der Waals surface area contributed by atoms with E-state index in [1.54, 1.807) is 25.7 Å². The van der Waals surface area contributed by atoms with Gasteiger partial charge in [-0.2, -0.15) is 4.31 Å². The number of hydrogen-bond donors (Lipinski definition) is 1. The van der Waals surface area contributed by atoms with Crippen LogP contribution in [0.25, 0.3) is 0 Å². The van der Waals surface area contributed by atoms with Crippen LogP contribution in [-0.4, -0.2) is 38.8 Å². The summed E-state index contributed by atoms with van der Waals surface area (Å²) in [6.45, 7) is 1.27. The number of halogens is 1. The zero-order chi connectivity index (χ0) is 19.5. The number of rotatable bonds is 5. The van der Waals surface area contributed by atoms with Gasteiger partial charge in [0.25, 0.3) is 0 Å². The highest BCUT2D eigenvalue weighted by molar-refractivity contribution is 7.89. The standard InChI is InChI=1S/C12H15FN2O3S.C9H12/c13-11-1-3-12(4-2-11)19(17,18)15-6-5-10(8-15)7-14-9-16;1-5-2-7-4-8-3-6(1)9(5,7)8/h1-4,9-10H,5-8H2,(H,14,16);5-8H,1-4H2. The van der Waals surface area contributed by atoms with Gasteiger partial charge in [-0.05, 0) is 91.4 Å². The first-order chi connectivity index (χ1) is 13.5. The zero-order valence-electron chi connectivity index (χ0n) is 15.9. The summed E-state index contributed by atoms with van der Waals surface area (Å²) in [7, 11) is -3.56. The number of hydrogen-bond acceptors (Lipinski definition) is 3. The quantitative estimate of drug-likeness (QED) is 0.765. The average Bonchev–Trinajstić information content (AvgIpc) is 3.08. The summed E-state index contributed by atoms with van der Waals surface area (Å²) in [5.41, 5.74) is 1.06. The average molecular weight is 407 g/mol. The second-order valence-electron chi connectivity index (χ2n) is 9.23. The van der Waals surface area contributed by atoms with Gasteiger partial charge in [0.1, 0.15) is 5.82 Å². The van der Waals surface area contributed by atoms with Crippen LogP contribution in [-0.2, 0) is 14.8 Å². The molecule has 1 amide bonds. The maximum absolute atomic E-state index is 12.8. The second kappa shape index (κ2) is 6.52. The zero-order valence-corrected chi connectivity index (χ0v) is 16.7. The number of nitrogens with zero attached hydrogens (tertiary/aromatic N) is 1.